The third kappa shape index (κ3) is 0.315. The van der Waals surface area contributed by atoms with Crippen molar-refractivity contribution < 1.29 is 9.53 Å². The number of carbonyl (C=O) groups is 1. The molecule has 7 heavy (non-hydrogen) atoms. The van der Waals surface area contributed by atoms with Crippen LogP contribution in [0.2, 0.25) is 0 Å². The van der Waals surface area contributed by atoms with Gasteiger partial charge in [0.25, 0.3) is 0 Å². The number of hydrogen-bond acceptors (Lipinski definition) is 2. The minimum Gasteiger partial charge on any atom is -0.458 e. The van der Waals surface area contributed by atoms with E-state index in [0.717, 1.165) is 12.8 Å². The van der Waals surface area contributed by atoms with Crippen LogP contribution in [0.1, 0.15) is 19.3 Å². The largest absolute Gasteiger partial charge is 0.458 e. The molecule has 1 spiro atoms. The van der Waals surface area contributed by atoms with E-state index in [1.165, 1.54) is 0 Å². The molecule has 1 heterocycles. The van der Waals surface area contributed by atoms with Crippen molar-refractivity contribution in [2.45, 2.75) is 24.9 Å². The topological polar surface area (TPSA) is 26.3 Å². The fourth-order valence-corrected chi connectivity index (χ4v) is 0.914. The molecule has 0 bridgehead atoms. The summed E-state index contributed by atoms with van der Waals surface area (Å²) in [4.78, 5) is 10.1. The monoisotopic (exact) mass is 98.0 g/mol. The molecule has 1 saturated heterocycles. The van der Waals surface area contributed by atoms with Gasteiger partial charge in [0.1, 0.15) is 5.60 Å². The van der Waals surface area contributed by atoms with Crippen LogP contribution in [0.25, 0.3) is 0 Å². The predicted octanol–water partition coefficient (Wildman–Crippen LogP) is 0.466. The molecule has 2 nitrogen and oxygen atoms in total. The van der Waals surface area contributed by atoms with Crippen LogP contribution in [0.5, 0.6) is 0 Å². The molecule has 0 atom stereocenters. The standard InChI is InChI=1S/C5H6O2/c6-4-3-5(7-4)1-2-5/h1-3H2. The van der Waals surface area contributed by atoms with Crippen LogP contribution in [0.3, 0.4) is 0 Å². The highest BCUT2D eigenvalue weighted by Gasteiger charge is 2.55. The Hall–Kier alpha value is -0.530. The molecule has 2 fully saturated rings. The van der Waals surface area contributed by atoms with E-state index in [0.29, 0.717) is 6.42 Å². The molecule has 0 N–H and O–H groups in total. The first kappa shape index (κ1) is 3.47. The van der Waals surface area contributed by atoms with E-state index in [-0.39, 0.29) is 11.6 Å². The van der Waals surface area contributed by atoms with E-state index in [1.54, 1.807) is 0 Å². The third-order valence-electron chi connectivity index (χ3n) is 1.60. The van der Waals surface area contributed by atoms with Crippen molar-refractivity contribution in [1.82, 2.24) is 0 Å². The maximum absolute atomic E-state index is 10.1. The highest BCUT2D eigenvalue weighted by molar-refractivity contribution is 5.78. The summed E-state index contributed by atoms with van der Waals surface area (Å²) in [6, 6.07) is 0. The average molecular weight is 98.1 g/mol. The molecule has 0 amide bonds. The molecule has 0 aromatic heterocycles. The Bertz CT molecular complexity index is 114. The number of rotatable bonds is 0. The van der Waals surface area contributed by atoms with Crippen molar-refractivity contribution in [3.8, 4) is 0 Å². The van der Waals surface area contributed by atoms with Gasteiger partial charge in [-0.1, -0.05) is 0 Å². The van der Waals surface area contributed by atoms with E-state index in [9.17, 15) is 4.79 Å². The van der Waals surface area contributed by atoms with Gasteiger partial charge in [-0.3, -0.25) is 4.79 Å². The van der Waals surface area contributed by atoms with Crippen LogP contribution in [-0.4, -0.2) is 11.6 Å². The van der Waals surface area contributed by atoms with Gasteiger partial charge in [-0.05, 0) is 12.8 Å². The first-order valence-electron chi connectivity index (χ1n) is 2.53. The lowest BCUT2D eigenvalue weighted by Crippen LogP contribution is -2.34. The zero-order valence-electron chi connectivity index (χ0n) is 3.94. The van der Waals surface area contributed by atoms with Gasteiger partial charge in [-0.2, -0.15) is 0 Å². The average Bonchev–Trinajstić information content (AvgIpc) is 2.14. The van der Waals surface area contributed by atoms with Gasteiger partial charge in [0.2, 0.25) is 0 Å². The highest BCUT2D eigenvalue weighted by Crippen LogP contribution is 2.49. The van der Waals surface area contributed by atoms with Gasteiger partial charge in [0.05, 0.1) is 6.42 Å². The number of ether oxygens (including phenoxy) is 1. The van der Waals surface area contributed by atoms with Crippen LogP contribution < -0.4 is 0 Å². The van der Waals surface area contributed by atoms with Crippen LogP contribution in [0.4, 0.5) is 0 Å². The number of carbonyl (C=O) groups excluding carboxylic acids is 1. The summed E-state index contributed by atoms with van der Waals surface area (Å²) >= 11 is 0. The Labute approximate surface area is 41.5 Å². The predicted molar refractivity (Wildman–Crippen MR) is 22.7 cm³/mol. The third-order valence-corrected chi connectivity index (χ3v) is 1.60. The van der Waals surface area contributed by atoms with Crippen LogP contribution in [0, 0.1) is 0 Å². The van der Waals surface area contributed by atoms with Crippen molar-refractivity contribution in [3.05, 3.63) is 0 Å². The van der Waals surface area contributed by atoms with Gasteiger partial charge in [0, 0.05) is 0 Å². The second-order valence-corrected chi connectivity index (χ2v) is 2.33. The van der Waals surface area contributed by atoms with E-state index in [4.69, 9.17) is 4.74 Å². The Morgan fingerprint density at radius 2 is 2.14 bits per heavy atom. The van der Waals surface area contributed by atoms with Crippen LogP contribution in [-0.2, 0) is 9.53 Å². The SMILES string of the molecule is O=C1CC2(CC2)O1. The van der Waals surface area contributed by atoms with Gasteiger partial charge in [0.15, 0.2) is 0 Å². The summed E-state index contributed by atoms with van der Waals surface area (Å²) in [6.45, 7) is 0. The van der Waals surface area contributed by atoms with E-state index in [1.807, 2.05) is 0 Å². The van der Waals surface area contributed by atoms with Crippen molar-refractivity contribution in [3.63, 3.8) is 0 Å². The summed E-state index contributed by atoms with van der Waals surface area (Å²) < 4.78 is 4.80. The molecule has 38 valence electrons. The summed E-state index contributed by atoms with van der Waals surface area (Å²) in [6.07, 6.45) is 2.91. The molecule has 0 aromatic carbocycles. The van der Waals surface area contributed by atoms with Crippen LogP contribution in [0.15, 0.2) is 0 Å². The maximum Gasteiger partial charge on any atom is 0.310 e. The lowest BCUT2D eigenvalue weighted by molar-refractivity contribution is -0.173. The Morgan fingerprint density at radius 3 is 2.29 bits per heavy atom. The molecule has 2 aliphatic rings. The minimum atomic E-state index is -0.0162. The molecule has 2 heteroatoms. The summed E-state index contributed by atoms with van der Waals surface area (Å²) in [5, 5.41) is 0. The molecule has 0 radical (unpaired) electrons. The van der Waals surface area contributed by atoms with Crippen molar-refractivity contribution >= 4 is 5.97 Å². The lowest BCUT2D eigenvalue weighted by Gasteiger charge is -2.24. The molecule has 0 unspecified atom stereocenters. The maximum atomic E-state index is 10.1. The van der Waals surface area contributed by atoms with E-state index >= 15 is 0 Å². The first-order chi connectivity index (χ1) is 3.31. The Kier molecular flexibility index (Phi) is 0.348. The van der Waals surface area contributed by atoms with Gasteiger partial charge >= 0.3 is 5.97 Å². The second kappa shape index (κ2) is 0.703. The van der Waals surface area contributed by atoms with Crippen LogP contribution >= 0.6 is 0 Å². The van der Waals surface area contributed by atoms with Gasteiger partial charge in [-0.15, -0.1) is 0 Å². The highest BCUT2D eigenvalue weighted by atomic mass is 16.6. The van der Waals surface area contributed by atoms with Crippen molar-refractivity contribution in [1.29, 1.82) is 0 Å². The summed E-state index contributed by atoms with van der Waals surface area (Å²) in [5.41, 5.74) is 0.0943. The lowest BCUT2D eigenvalue weighted by atomic mass is 10.1. The Morgan fingerprint density at radius 1 is 1.57 bits per heavy atom. The quantitative estimate of drug-likeness (QED) is 0.411. The van der Waals surface area contributed by atoms with Gasteiger partial charge in [-0.25, -0.2) is 0 Å². The molecular weight excluding hydrogens is 92.1 g/mol. The normalized spacial score (nSPS) is 31.7. The van der Waals surface area contributed by atoms with E-state index < -0.39 is 0 Å². The Balaban J connectivity index is 2.09. The zero-order chi connectivity index (χ0) is 4.91. The fraction of sp³-hybridized carbons (Fsp3) is 0.800. The number of esters is 1. The van der Waals surface area contributed by atoms with Crippen molar-refractivity contribution in [2.24, 2.45) is 0 Å². The number of hydrogen-bond donors (Lipinski definition) is 0. The summed E-state index contributed by atoms with van der Waals surface area (Å²) in [7, 11) is 0. The minimum absolute atomic E-state index is 0.0162. The second-order valence-electron chi connectivity index (χ2n) is 2.33. The molecular formula is C5H6O2. The van der Waals surface area contributed by atoms with E-state index in [2.05, 4.69) is 0 Å². The zero-order valence-corrected chi connectivity index (χ0v) is 3.94. The first-order valence-corrected chi connectivity index (χ1v) is 2.53. The molecule has 1 aliphatic carbocycles. The summed E-state index contributed by atoms with van der Waals surface area (Å²) in [5.74, 6) is -0.0162. The van der Waals surface area contributed by atoms with Crippen molar-refractivity contribution in [2.75, 3.05) is 0 Å². The molecule has 1 saturated carbocycles. The smallest absolute Gasteiger partial charge is 0.310 e. The molecule has 0 aromatic rings. The van der Waals surface area contributed by atoms with Gasteiger partial charge < -0.3 is 4.74 Å². The molecule has 2 rings (SSSR count). The fourth-order valence-electron chi connectivity index (χ4n) is 0.914. The molecule has 1 aliphatic heterocycles.